The third-order valence-electron chi connectivity index (χ3n) is 7.71. The third-order valence-corrected chi connectivity index (χ3v) is 12.6. The molecule has 0 aliphatic carbocycles. The molecule has 4 heteroatoms. The predicted molar refractivity (Wildman–Crippen MR) is 162 cm³/mol. The summed E-state index contributed by atoms with van der Waals surface area (Å²) >= 11 is 0. The van der Waals surface area contributed by atoms with E-state index < -0.39 is 8.07 Å². The molecule has 0 bridgehead atoms. The third kappa shape index (κ3) is 3.92. The lowest BCUT2D eigenvalue weighted by Gasteiger charge is -2.31. The van der Waals surface area contributed by atoms with E-state index in [0.717, 1.165) is 23.0 Å². The molecule has 0 saturated carbocycles. The number of aromatic nitrogens is 3. The van der Waals surface area contributed by atoms with Crippen molar-refractivity contribution in [1.29, 1.82) is 0 Å². The molecule has 0 amide bonds. The van der Waals surface area contributed by atoms with Crippen molar-refractivity contribution < 1.29 is 0 Å². The minimum atomic E-state index is -2.44. The first-order valence-corrected chi connectivity index (χ1v) is 15.3. The highest BCUT2D eigenvalue weighted by Crippen LogP contribution is 2.30. The van der Waals surface area contributed by atoms with Gasteiger partial charge in [-0.05, 0) is 44.4 Å². The molecule has 1 aliphatic rings. The van der Waals surface area contributed by atoms with Gasteiger partial charge >= 0.3 is 0 Å². The number of aryl methyl sites for hydroxylation is 1. The average molecular weight is 518 g/mol. The molecule has 2 heterocycles. The van der Waals surface area contributed by atoms with E-state index in [4.69, 9.17) is 9.97 Å². The van der Waals surface area contributed by atoms with E-state index in [1.807, 2.05) is 37.3 Å². The van der Waals surface area contributed by atoms with Gasteiger partial charge < -0.3 is 0 Å². The van der Waals surface area contributed by atoms with Crippen LogP contribution in [0.15, 0.2) is 133 Å². The van der Waals surface area contributed by atoms with Crippen molar-refractivity contribution in [2.24, 2.45) is 0 Å². The van der Waals surface area contributed by atoms with E-state index in [0.29, 0.717) is 6.42 Å². The van der Waals surface area contributed by atoms with Gasteiger partial charge in [0.15, 0.2) is 13.9 Å². The molecule has 0 saturated heterocycles. The molecule has 7 rings (SSSR count). The van der Waals surface area contributed by atoms with Crippen molar-refractivity contribution in [3.63, 3.8) is 0 Å². The standard InChI is InChI=1S/C35H27N3Si/c1-25-36-34(38-35(37-25)27-13-5-2-6-14-27)24-26-21-22-33-31(23-26)30-19-11-12-20-32(30)39(33,28-15-7-3-8-16-28)29-17-9-4-10-18-29/h2-23H,24H2,1H3. The minimum Gasteiger partial charge on any atom is -0.218 e. The van der Waals surface area contributed by atoms with E-state index in [-0.39, 0.29) is 0 Å². The number of rotatable bonds is 5. The van der Waals surface area contributed by atoms with Crippen LogP contribution in [0.2, 0.25) is 0 Å². The molecule has 6 aromatic rings. The zero-order valence-corrected chi connectivity index (χ0v) is 22.8. The molecule has 0 spiro atoms. The van der Waals surface area contributed by atoms with E-state index >= 15 is 0 Å². The topological polar surface area (TPSA) is 38.7 Å². The Morgan fingerprint density at radius 2 is 1.13 bits per heavy atom. The summed E-state index contributed by atoms with van der Waals surface area (Å²) in [6.45, 7) is 1.94. The van der Waals surface area contributed by atoms with Crippen molar-refractivity contribution >= 4 is 28.8 Å². The molecule has 39 heavy (non-hydrogen) atoms. The summed E-state index contributed by atoms with van der Waals surface area (Å²) in [5, 5.41) is 5.73. The Bertz CT molecular complexity index is 1740. The van der Waals surface area contributed by atoms with Gasteiger partial charge in [-0.1, -0.05) is 133 Å². The summed E-state index contributed by atoms with van der Waals surface area (Å²) in [7, 11) is -2.44. The number of fused-ring (bicyclic) bond motifs is 3. The van der Waals surface area contributed by atoms with Crippen LogP contribution in [0.1, 0.15) is 17.2 Å². The molecule has 5 aromatic carbocycles. The summed E-state index contributed by atoms with van der Waals surface area (Å²) in [6, 6.07) is 48.4. The fourth-order valence-corrected chi connectivity index (χ4v) is 11.3. The van der Waals surface area contributed by atoms with Gasteiger partial charge in [0, 0.05) is 12.0 Å². The van der Waals surface area contributed by atoms with Crippen LogP contribution in [0, 0.1) is 6.92 Å². The van der Waals surface area contributed by atoms with Crippen molar-refractivity contribution in [1.82, 2.24) is 15.0 Å². The van der Waals surface area contributed by atoms with Crippen LogP contribution in [0.5, 0.6) is 0 Å². The van der Waals surface area contributed by atoms with Crippen LogP contribution < -0.4 is 20.7 Å². The summed E-state index contributed by atoms with van der Waals surface area (Å²) in [5.74, 6) is 2.26. The fraction of sp³-hybridized carbons (Fsp3) is 0.0571. The quantitative estimate of drug-likeness (QED) is 0.308. The summed E-state index contributed by atoms with van der Waals surface area (Å²) in [6.07, 6.45) is 0.657. The van der Waals surface area contributed by atoms with E-state index in [9.17, 15) is 0 Å². The lowest BCUT2D eigenvalue weighted by molar-refractivity contribution is 0.887. The smallest absolute Gasteiger partial charge is 0.180 e. The van der Waals surface area contributed by atoms with E-state index in [2.05, 4.69) is 108 Å². The average Bonchev–Trinajstić information content (AvgIpc) is 3.29. The van der Waals surface area contributed by atoms with Gasteiger partial charge in [0.05, 0.1) is 0 Å². The summed E-state index contributed by atoms with van der Waals surface area (Å²) < 4.78 is 0. The molecule has 3 nitrogen and oxygen atoms in total. The Labute approximate surface area is 229 Å². The second kappa shape index (κ2) is 9.57. The molecule has 186 valence electrons. The van der Waals surface area contributed by atoms with Gasteiger partial charge in [-0.15, -0.1) is 0 Å². The number of hydrogen-bond acceptors (Lipinski definition) is 3. The number of nitrogens with zero attached hydrogens (tertiary/aromatic N) is 3. The van der Waals surface area contributed by atoms with Crippen LogP contribution in [-0.2, 0) is 6.42 Å². The van der Waals surface area contributed by atoms with Crippen LogP contribution in [0.3, 0.4) is 0 Å². The van der Waals surface area contributed by atoms with Gasteiger partial charge in [0.1, 0.15) is 11.6 Å². The second-order valence-corrected chi connectivity index (χ2v) is 13.8. The molecule has 0 unspecified atom stereocenters. The van der Waals surface area contributed by atoms with Gasteiger partial charge in [-0.25, -0.2) is 15.0 Å². The lowest BCUT2D eigenvalue weighted by atomic mass is 10.0. The van der Waals surface area contributed by atoms with Crippen molar-refractivity contribution in [3.8, 4) is 22.5 Å². The zero-order valence-electron chi connectivity index (χ0n) is 21.8. The first-order chi connectivity index (χ1) is 19.2. The second-order valence-electron chi connectivity index (χ2n) is 10.1. The van der Waals surface area contributed by atoms with Crippen LogP contribution in [0.4, 0.5) is 0 Å². The highest BCUT2D eigenvalue weighted by Gasteiger charge is 2.48. The van der Waals surface area contributed by atoms with Gasteiger partial charge in [-0.3, -0.25) is 0 Å². The minimum absolute atomic E-state index is 0.657. The predicted octanol–water partition coefficient (Wildman–Crippen LogP) is 4.80. The van der Waals surface area contributed by atoms with Crippen LogP contribution in [-0.4, -0.2) is 23.0 Å². The SMILES string of the molecule is Cc1nc(Cc2ccc3c(c2)-c2ccccc2[Si]3(c2ccccc2)c2ccccc2)nc(-c2ccccc2)n1. The van der Waals surface area contributed by atoms with Crippen molar-refractivity contribution in [3.05, 3.63) is 151 Å². The zero-order chi connectivity index (χ0) is 26.2. The van der Waals surface area contributed by atoms with Gasteiger partial charge in [-0.2, -0.15) is 0 Å². The van der Waals surface area contributed by atoms with E-state index in [1.165, 1.54) is 37.4 Å². The van der Waals surface area contributed by atoms with Crippen molar-refractivity contribution in [2.75, 3.05) is 0 Å². The van der Waals surface area contributed by atoms with Crippen molar-refractivity contribution in [2.45, 2.75) is 13.3 Å². The summed E-state index contributed by atoms with van der Waals surface area (Å²) in [4.78, 5) is 14.2. The Morgan fingerprint density at radius 3 is 1.82 bits per heavy atom. The fourth-order valence-electron chi connectivity index (χ4n) is 6.12. The maximum atomic E-state index is 4.85. The maximum Gasteiger partial charge on any atom is 0.180 e. The number of benzene rings is 5. The summed E-state index contributed by atoms with van der Waals surface area (Å²) in [5.41, 5.74) is 4.88. The Hall–Kier alpha value is -4.67. The Morgan fingerprint density at radius 1 is 0.538 bits per heavy atom. The molecule has 0 atom stereocenters. The highest BCUT2D eigenvalue weighted by molar-refractivity contribution is 7.22. The molecule has 1 aliphatic heterocycles. The first-order valence-electron chi connectivity index (χ1n) is 13.3. The largest absolute Gasteiger partial charge is 0.218 e. The normalized spacial score (nSPS) is 13.1. The monoisotopic (exact) mass is 517 g/mol. The molecule has 0 N–H and O–H groups in total. The van der Waals surface area contributed by atoms with Gasteiger partial charge in [0.25, 0.3) is 0 Å². The number of hydrogen-bond donors (Lipinski definition) is 0. The molecular weight excluding hydrogens is 490 g/mol. The van der Waals surface area contributed by atoms with Crippen LogP contribution in [0.25, 0.3) is 22.5 Å². The van der Waals surface area contributed by atoms with E-state index in [1.54, 1.807) is 0 Å². The molecular formula is C35H27N3Si. The Kier molecular flexibility index (Phi) is 5.75. The lowest BCUT2D eigenvalue weighted by Crippen LogP contribution is -2.72. The molecule has 1 aromatic heterocycles. The van der Waals surface area contributed by atoms with Crippen LogP contribution >= 0.6 is 0 Å². The first kappa shape index (κ1) is 23.4. The highest BCUT2D eigenvalue weighted by atomic mass is 28.3. The molecule has 0 fully saturated rings. The maximum absolute atomic E-state index is 4.85. The Balaban J connectivity index is 1.38. The molecule has 0 radical (unpaired) electrons. The van der Waals surface area contributed by atoms with Gasteiger partial charge in [0.2, 0.25) is 0 Å².